The first-order chi connectivity index (χ1) is 17.1. The van der Waals surface area contributed by atoms with Crippen molar-refractivity contribution in [2.75, 3.05) is 26.5 Å². The fourth-order valence-electron chi connectivity index (χ4n) is 4.09. The van der Waals surface area contributed by atoms with Crippen LogP contribution >= 0.6 is 0 Å². The van der Waals surface area contributed by atoms with Crippen LogP contribution in [0.2, 0.25) is 0 Å². The van der Waals surface area contributed by atoms with Crippen LogP contribution in [-0.4, -0.2) is 70.3 Å². The number of nitrogens with zero attached hydrogens (tertiary/aromatic N) is 6. The number of halogens is 1. The lowest BCUT2D eigenvalue weighted by Gasteiger charge is -2.29. The Bertz CT molecular complexity index is 1350. The van der Waals surface area contributed by atoms with Gasteiger partial charge in [-0.3, -0.25) is 4.79 Å². The van der Waals surface area contributed by atoms with Gasteiger partial charge in [-0.05, 0) is 60.7 Å². The fourth-order valence-corrected chi connectivity index (χ4v) is 4.97. The van der Waals surface area contributed by atoms with Crippen molar-refractivity contribution in [1.82, 2.24) is 34.8 Å². The van der Waals surface area contributed by atoms with E-state index in [1.54, 1.807) is 25.1 Å². The zero-order valence-corrected chi connectivity index (χ0v) is 21.1. The topological polar surface area (TPSA) is 132 Å². The number of hydrogen-bond acceptors (Lipinski definition) is 8. The highest BCUT2D eigenvalue weighted by atomic mass is 32.2. The number of methoxy groups -OCH3 is 1. The molecule has 1 fully saturated rings. The van der Waals surface area contributed by atoms with Gasteiger partial charge in [0.25, 0.3) is 5.91 Å². The number of piperidine rings is 1. The standard InChI is InChI=1S/C23H28FN7O4S/c1-15-10-18(12-20(26-15)23(32)25-13-17-4-5-19(24)21(11-17)35-2)22-27-29-31(28-22)14-16-6-8-30(9-7-16)36(3,33)34/h4-5,10-12,16H,6-9,13-14H2,1-3H3,(H,25,32). The Hall–Kier alpha value is -3.45. The van der Waals surface area contributed by atoms with Gasteiger partial charge in [0.05, 0.1) is 19.9 Å². The van der Waals surface area contributed by atoms with Crippen LogP contribution < -0.4 is 10.1 Å². The van der Waals surface area contributed by atoms with Crippen molar-refractivity contribution < 1.29 is 22.3 Å². The molecule has 11 nitrogen and oxygen atoms in total. The average Bonchev–Trinajstić information content (AvgIpc) is 3.31. The molecule has 13 heteroatoms. The highest BCUT2D eigenvalue weighted by Crippen LogP contribution is 2.22. The van der Waals surface area contributed by atoms with Crippen LogP contribution in [0.1, 0.15) is 34.6 Å². The van der Waals surface area contributed by atoms with E-state index in [9.17, 15) is 17.6 Å². The Morgan fingerprint density at radius 1 is 1.22 bits per heavy atom. The number of nitrogens with one attached hydrogen (secondary N) is 1. The SMILES string of the molecule is COc1cc(CNC(=O)c2cc(-c3nnn(CC4CCN(S(C)(=O)=O)CC4)n3)cc(C)n2)ccc1F. The summed E-state index contributed by atoms with van der Waals surface area (Å²) in [7, 11) is -1.79. The van der Waals surface area contributed by atoms with Crippen LogP contribution in [0.4, 0.5) is 4.39 Å². The lowest BCUT2D eigenvalue weighted by molar-refractivity contribution is 0.0945. The number of amides is 1. The minimum Gasteiger partial charge on any atom is -0.494 e. The fraction of sp³-hybridized carbons (Fsp3) is 0.435. The average molecular weight is 518 g/mol. The van der Waals surface area contributed by atoms with Gasteiger partial charge in [0.2, 0.25) is 15.8 Å². The third-order valence-electron chi connectivity index (χ3n) is 6.03. The van der Waals surface area contributed by atoms with Crippen molar-refractivity contribution in [3.8, 4) is 17.1 Å². The summed E-state index contributed by atoms with van der Waals surface area (Å²) in [5, 5.41) is 15.5. The number of benzene rings is 1. The number of pyridine rings is 1. The molecule has 1 aliphatic rings. The maximum Gasteiger partial charge on any atom is 0.270 e. The summed E-state index contributed by atoms with van der Waals surface area (Å²) in [6, 6.07) is 7.75. The third-order valence-corrected chi connectivity index (χ3v) is 7.33. The van der Waals surface area contributed by atoms with Crippen molar-refractivity contribution in [1.29, 1.82) is 0 Å². The van der Waals surface area contributed by atoms with E-state index < -0.39 is 21.7 Å². The van der Waals surface area contributed by atoms with Crippen molar-refractivity contribution >= 4 is 15.9 Å². The number of carbonyl (C=O) groups excluding carboxylic acids is 1. The van der Waals surface area contributed by atoms with Crippen LogP contribution in [0.3, 0.4) is 0 Å². The molecule has 0 spiro atoms. The Kier molecular flexibility index (Phi) is 7.59. The highest BCUT2D eigenvalue weighted by molar-refractivity contribution is 7.88. The van der Waals surface area contributed by atoms with Gasteiger partial charge >= 0.3 is 0 Å². The van der Waals surface area contributed by atoms with E-state index in [-0.39, 0.29) is 23.9 Å². The van der Waals surface area contributed by atoms with E-state index in [0.29, 0.717) is 42.3 Å². The molecule has 0 bridgehead atoms. The maximum absolute atomic E-state index is 13.6. The van der Waals surface area contributed by atoms with E-state index in [2.05, 4.69) is 25.7 Å². The van der Waals surface area contributed by atoms with Gasteiger partial charge in [-0.2, -0.15) is 4.80 Å². The second-order valence-electron chi connectivity index (χ2n) is 8.81. The zero-order valence-electron chi connectivity index (χ0n) is 20.3. The minimum absolute atomic E-state index is 0.104. The van der Waals surface area contributed by atoms with Crippen molar-refractivity contribution in [2.45, 2.75) is 32.9 Å². The van der Waals surface area contributed by atoms with Gasteiger partial charge in [0.1, 0.15) is 5.69 Å². The molecule has 0 aliphatic carbocycles. The highest BCUT2D eigenvalue weighted by Gasteiger charge is 2.25. The molecule has 192 valence electrons. The predicted octanol–water partition coefficient (Wildman–Crippen LogP) is 1.79. The molecule has 1 N–H and O–H groups in total. The normalized spacial score (nSPS) is 15.1. The van der Waals surface area contributed by atoms with E-state index in [0.717, 1.165) is 12.8 Å². The molecule has 0 radical (unpaired) electrons. The molecular formula is C23H28FN7O4S. The van der Waals surface area contributed by atoms with Crippen LogP contribution in [0.25, 0.3) is 11.4 Å². The van der Waals surface area contributed by atoms with Crippen LogP contribution in [0.5, 0.6) is 5.75 Å². The number of ether oxygens (including phenoxy) is 1. The molecule has 1 saturated heterocycles. The number of rotatable bonds is 8. The molecule has 4 rings (SSSR count). The summed E-state index contributed by atoms with van der Waals surface area (Å²) in [5.74, 6) is -0.152. The van der Waals surface area contributed by atoms with E-state index in [1.807, 2.05) is 0 Å². The molecule has 0 atom stereocenters. The molecule has 1 amide bonds. The summed E-state index contributed by atoms with van der Waals surface area (Å²) < 4.78 is 43.5. The number of carbonyl (C=O) groups is 1. The van der Waals surface area contributed by atoms with Gasteiger partial charge < -0.3 is 10.1 Å². The van der Waals surface area contributed by atoms with Gasteiger partial charge in [0.15, 0.2) is 11.6 Å². The van der Waals surface area contributed by atoms with Crippen LogP contribution in [-0.2, 0) is 23.1 Å². The molecule has 3 heterocycles. The van der Waals surface area contributed by atoms with E-state index >= 15 is 0 Å². The summed E-state index contributed by atoms with van der Waals surface area (Å²) in [6.07, 6.45) is 2.68. The van der Waals surface area contributed by atoms with E-state index in [1.165, 1.54) is 34.6 Å². The number of aromatic nitrogens is 5. The van der Waals surface area contributed by atoms with Crippen molar-refractivity contribution in [3.05, 3.63) is 53.1 Å². The van der Waals surface area contributed by atoms with Gasteiger partial charge in [0, 0.05) is 30.9 Å². The zero-order chi connectivity index (χ0) is 25.9. The molecule has 36 heavy (non-hydrogen) atoms. The molecule has 2 aromatic heterocycles. The second kappa shape index (κ2) is 10.7. The second-order valence-corrected chi connectivity index (χ2v) is 10.8. The predicted molar refractivity (Wildman–Crippen MR) is 129 cm³/mol. The summed E-state index contributed by atoms with van der Waals surface area (Å²) in [5.41, 5.74) is 2.10. The monoisotopic (exact) mass is 517 g/mol. The minimum atomic E-state index is -3.17. The maximum atomic E-state index is 13.6. The van der Waals surface area contributed by atoms with Crippen LogP contribution in [0.15, 0.2) is 30.3 Å². The lowest BCUT2D eigenvalue weighted by atomic mass is 9.98. The van der Waals surface area contributed by atoms with Gasteiger partial charge in [-0.15, -0.1) is 10.2 Å². The Morgan fingerprint density at radius 2 is 1.97 bits per heavy atom. The Labute approximate surface area is 208 Å². The number of tetrazole rings is 1. The first-order valence-corrected chi connectivity index (χ1v) is 13.3. The van der Waals surface area contributed by atoms with Gasteiger partial charge in [-0.1, -0.05) is 6.07 Å². The van der Waals surface area contributed by atoms with E-state index in [4.69, 9.17) is 4.74 Å². The quantitative estimate of drug-likeness (QED) is 0.478. The number of aryl methyl sites for hydroxylation is 1. The van der Waals surface area contributed by atoms with Gasteiger partial charge in [-0.25, -0.2) is 22.1 Å². The third kappa shape index (κ3) is 6.21. The molecular weight excluding hydrogens is 489 g/mol. The first kappa shape index (κ1) is 25.6. The lowest BCUT2D eigenvalue weighted by Crippen LogP contribution is -2.38. The Balaban J connectivity index is 1.40. The number of hydrogen-bond donors (Lipinski definition) is 1. The molecule has 3 aromatic rings. The molecule has 0 unspecified atom stereocenters. The largest absolute Gasteiger partial charge is 0.494 e. The van der Waals surface area contributed by atoms with Crippen molar-refractivity contribution in [2.24, 2.45) is 5.92 Å². The number of sulfonamides is 1. The molecule has 1 aromatic carbocycles. The van der Waals surface area contributed by atoms with Crippen molar-refractivity contribution in [3.63, 3.8) is 0 Å². The molecule has 0 saturated carbocycles. The Morgan fingerprint density at radius 3 is 2.67 bits per heavy atom. The summed E-state index contributed by atoms with van der Waals surface area (Å²) in [4.78, 5) is 18.6. The molecule has 1 aliphatic heterocycles. The first-order valence-electron chi connectivity index (χ1n) is 11.4. The summed E-state index contributed by atoms with van der Waals surface area (Å²) in [6.45, 7) is 3.44. The van der Waals surface area contributed by atoms with Crippen LogP contribution in [0, 0.1) is 18.7 Å². The smallest absolute Gasteiger partial charge is 0.270 e. The summed E-state index contributed by atoms with van der Waals surface area (Å²) >= 11 is 0.